The van der Waals surface area contributed by atoms with E-state index in [9.17, 15) is 4.79 Å². The average molecular weight is 274 g/mol. The van der Waals surface area contributed by atoms with Gasteiger partial charge in [0.2, 0.25) is 5.91 Å². The van der Waals surface area contributed by atoms with E-state index in [1.54, 1.807) is 7.11 Å². The minimum Gasteiger partial charge on any atom is -0.385 e. The van der Waals surface area contributed by atoms with Crippen LogP contribution in [0.25, 0.3) is 5.57 Å². The molecule has 0 saturated carbocycles. The van der Waals surface area contributed by atoms with E-state index in [-0.39, 0.29) is 5.91 Å². The summed E-state index contributed by atoms with van der Waals surface area (Å²) in [5.41, 5.74) is 8.43. The maximum absolute atomic E-state index is 12.2. The molecule has 0 fully saturated rings. The number of hydrogen-bond donors (Lipinski definition) is 1. The normalized spacial score (nSPS) is 16.7. The second-order valence-electron chi connectivity index (χ2n) is 5.02. The van der Waals surface area contributed by atoms with Gasteiger partial charge in [-0.05, 0) is 24.0 Å². The van der Waals surface area contributed by atoms with Crippen molar-refractivity contribution in [3.8, 4) is 0 Å². The molecule has 0 aromatic heterocycles. The Morgan fingerprint density at radius 3 is 2.75 bits per heavy atom. The Morgan fingerprint density at radius 2 is 2.15 bits per heavy atom. The number of hydrogen-bond acceptors (Lipinski definition) is 3. The molecule has 1 unspecified atom stereocenters. The molecule has 2 N–H and O–H groups in total. The highest BCUT2D eigenvalue weighted by Gasteiger charge is 2.22. The van der Waals surface area contributed by atoms with Gasteiger partial charge in [0.25, 0.3) is 0 Å². The summed E-state index contributed by atoms with van der Waals surface area (Å²) in [5.74, 6) is 0.0189. The van der Waals surface area contributed by atoms with E-state index in [0.717, 1.165) is 13.0 Å². The summed E-state index contributed by atoms with van der Waals surface area (Å²) in [4.78, 5) is 14.0. The number of rotatable bonds is 5. The molecule has 1 aromatic rings. The fourth-order valence-corrected chi connectivity index (χ4v) is 2.39. The van der Waals surface area contributed by atoms with Gasteiger partial charge >= 0.3 is 0 Å². The molecule has 1 amide bonds. The third-order valence-corrected chi connectivity index (χ3v) is 3.62. The smallest absolute Gasteiger partial charge is 0.239 e. The molecule has 20 heavy (non-hydrogen) atoms. The molecular formula is C16H22N2O2. The zero-order valence-electron chi connectivity index (χ0n) is 11.9. The molecule has 0 aliphatic carbocycles. The molecule has 1 aliphatic heterocycles. The molecule has 1 aliphatic rings. The second-order valence-corrected chi connectivity index (χ2v) is 5.02. The Balaban J connectivity index is 1.93. The van der Waals surface area contributed by atoms with Gasteiger partial charge in [0.05, 0.1) is 6.04 Å². The Kier molecular flexibility index (Phi) is 5.32. The van der Waals surface area contributed by atoms with E-state index in [1.807, 2.05) is 23.1 Å². The highest BCUT2D eigenvalue weighted by molar-refractivity contribution is 5.83. The van der Waals surface area contributed by atoms with Gasteiger partial charge < -0.3 is 15.4 Å². The number of ether oxygens (including phenoxy) is 1. The minimum atomic E-state index is -0.457. The SMILES string of the molecule is COCCC(N)C(=O)N1CC=C(c2ccccc2)CC1. The molecule has 0 saturated heterocycles. The van der Waals surface area contributed by atoms with Crippen LogP contribution in [0, 0.1) is 0 Å². The second kappa shape index (κ2) is 7.22. The van der Waals surface area contributed by atoms with Gasteiger partial charge in [-0.1, -0.05) is 36.4 Å². The van der Waals surface area contributed by atoms with Gasteiger partial charge in [0.1, 0.15) is 0 Å². The fourth-order valence-electron chi connectivity index (χ4n) is 2.39. The number of amides is 1. The lowest BCUT2D eigenvalue weighted by molar-refractivity contribution is -0.132. The van der Waals surface area contributed by atoms with Crippen molar-refractivity contribution in [3.05, 3.63) is 42.0 Å². The van der Waals surface area contributed by atoms with Crippen molar-refractivity contribution < 1.29 is 9.53 Å². The largest absolute Gasteiger partial charge is 0.385 e. The summed E-state index contributed by atoms with van der Waals surface area (Å²) in [6, 6.07) is 9.84. The van der Waals surface area contributed by atoms with Gasteiger partial charge in [-0.2, -0.15) is 0 Å². The standard InChI is InChI=1S/C16H22N2O2/c1-20-12-9-15(17)16(19)18-10-7-14(8-11-18)13-5-3-2-4-6-13/h2-7,15H,8-12,17H2,1H3. The van der Waals surface area contributed by atoms with Crippen LogP contribution >= 0.6 is 0 Å². The van der Waals surface area contributed by atoms with Crippen molar-refractivity contribution in [2.45, 2.75) is 18.9 Å². The van der Waals surface area contributed by atoms with E-state index in [2.05, 4.69) is 18.2 Å². The third-order valence-electron chi connectivity index (χ3n) is 3.62. The first-order valence-electron chi connectivity index (χ1n) is 7.00. The summed E-state index contributed by atoms with van der Waals surface area (Å²) in [5, 5.41) is 0. The first-order chi connectivity index (χ1) is 9.72. The number of carbonyl (C=O) groups is 1. The molecule has 4 nitrogen and oxygen atoms in total. The lowest BCUT2D eigenvalue weighted by Gasteiger charge is -2.29. The molecule has 2 rings (SSSR count). The van der Waals surface area contributed by atoms with Crippen LogP contribution in [0.1, 0.15) is 18.4 Å². The molecule has 0 spiro atoms. The highest BCUT2D eigenvalue weighted by Crippen LogP contribution is 2.22. The van der Waals surface area contributed by atoms with E-state index in [1.165, 1.54) is 11.1 Å². The molecule has 4 heteroatoms. The predicted octanol–water partition coefficient (Wildman–Crippen LogP) is 1.67. The molecule has 1 aromatic carbocycles. The maximum Gasteiger partial charge on any atom is 0.239 e. The Labute approximate surface area is 120 Å². The molecule has 108 valence electrons. The third kappa shape index (κ3) is 3.68. The number of methoxy groups -OCH3 is 1. The van der Waals surface area contributed by atoms with E-state index < -0.39 is 6.04 Å². The number of carbonyl (C=O) groups excluding carboxylic acids is 1. The summed E-state index contributed by atoms with van der Waals surface area (Å²) in [7, 11) is 1.62. The summed E-state index contributed by atoms with van der Waals surface area (Å²) in [6.07, 6.45) is 3.58. The monoisotopic (exact) mass is 274 g/mol. The van der Waals surface area contributed by atoms with E-state index >= 15 is 0 Å². The van der Waals surface area contributed by atoms with Crippen LogP contribution in [0.15, 0.2) is 36.4 Å². The van der Waals surface area contributed by atoms with Gasteiger partial charge in [0, 0.05) is 26.8 Å². The zero-order valence-corrected chi connectivity index (χ0v) is 11.9. The van der Waals surface area contributed by atoms with Crippen LogP contribution in [0.3, 0.4) is 0 Å². The first-order valence-corrected chi connectivity index (χ1v) is 7.00. The number of benzene rings is 1. The van der Waals surface area contributed by atoms with Crippen molar-refractivity contribution in [1.29, 1.82) is 0 Å². The topological polar surface area (TPSA) is 55.6 Å². The van der Waals surface area contributed by atoms with Crippen molar-refractivity contribution >= 4 is 11.5 Å². The van der Waals surface area contributed by atoms with Crippen molar-refractivity contribution in [1.82, 2.24) is 4.90 Å². The predicted molar refractivity (Wildman–Crippen MR) is 80.1 cm³/mol. The van der Waals surface area contributed by atoms with E-state index in [4.69, 9.17) is 10.5 Å². The molecular weight excluding hydrogens is 252 g/mol. The van der Waals surface area contributed by atoms with Gasteiger partial charge in [-0.25, -0.2) is 0 Å². The quantitative estimate of drug-likeness (QED) is 0.888. The fraction of sp³-hybridized carbons (Fsp3) is 0.438. The Hall–Kier alpha value is -1.65. The highest BCUT2D eigenvalue weighted by atomic mass is 16.5. The molecule has 0 bridgehead atoms. The van der Waals surface area contributed by atoms with Crippen molar-refractivity contribution in [2.75, 3.05) is 26.8 Å². The van der Waals surface area contributed by atoms with Crippen LogP contribution in [0.5, 0.6) is 0 Å². The number of nitrogens with zero attached hydrogens (tertiary/aromatic N) is 1. The maximum atomic E-state index is 12.2. The first kappa shape index (κ1) is 14.8. The van der Waals surface area contributed by atoms with Crippen molar-refractivity contribution in [3.63, 3.8) is 0 Å². The van der Waals surface area contributed by atoms with Crippen LogP contribution in [-0.4, -0.2) is 43.7 Å². The Bertz CT molecular complexity index is 471. The van der Waals surface area contributed by atoms with Gasteiger partial charge in [-0.3, -0.25) is 4.79 Å². The molecule has 1 heterocycles. The van der Waals surface area contributed by atoms with Gasteiger partial charge in [0.15, 0.2) is 0 Å². The van der Waals surface area contributed by atoms with Crippen LogP contribution < -0.4 is 5.73 Å². The zero-order chi connectivity index (χ0) is 14.4. The summed E-state index contributed by atoms with van der Waals surface area (Å²) >= 11 is 0. The van der Waals surface area contributed by atoms with Crippen molar-refractivity contribution in [2.24, 2.45) is 5.73 Å². The van der Waals surface area contributed by atoms with Crippen LogP contribution in [-0.2, 0) is 9.53 Å². The van der Waals surface area contributed by atoms with Gasteiger partial charge in [-0.15, -0.1) is 0 Å². The van der Waals surface area contributed by atoms with E-state index in [0.29, 0.717) is 19.6 Å². The van der Waals surface area contributed by atoms with Crippen LogP contribution in [0.2, 0.25) is 0 Å². The minimum absolute atomic E-state index is 0.0189. The number of nitrogens with two attached hydrogens (primary N) is 1. The lowest BCUT2D eigenvalue weighted by Crippen LogP contribution is -2.45. The molecule has 0 radical (unpaired) electrons. The van der Waals surface area contributed by atoms with Crippen LogP contribution in [0.4, 0.5) is 0 Å². The molecule has 1 atom stereocenters. The Morgan fingerprint density at radius 1 is 1.40 bits per heavy atom. The summed E-state index contributed by atoms with van der Waals surface area (Å²) in [6.45, 7) is 1.90. The summed E-state index contributed by atoms with van der Waals surface area (Å²) < 4.78 is 4.96. The lowest BCUT2D eigenvalue weighted by atomic mass is 9.99. The average Bonchev–Trinajstić information content (AvgIpc) is 2.53.